The third-order valence-electron chi connectivity index (χ3n) is 4.76. The van der Waals surface area contributed by atoms with Gasteiger partial charge in [-0.2, -0.15) is 0 Å². The Labute approximate surface area is 160 Å². The Bertz CT molecular complexity index is 693. The van der Waals surface area contributed by atoms with Crippen molar-refractivity contribution in [1.29, 1.82) is 0 Å². The van der Waals surface area contributed by atoms with E-state index in [1.807, 2.05) is 0 Å². The van der Waals surface area contributed by atoms with Gasteiger partial charge >= 0.3 is 0 Å². The summed E-state index contributed by atoms with van der Waals surface area (Å²) in [5, 5.41) is 5.26. The van der Waals surface area contributed by atoms with Gasteiger partial charge in [-0.25, -0.2) is 12.7 Å². The second-order valence-corrected chi connectivity index (χ2v) is 9.86. The Hall–Kier alpha value is -0.670. The van der Waals surface area contributed by atoms with E-state index in [2.05, 4.69) is 5.32 Å². The van der Waals surface area contributed by atoms with Crippen LogP contribution in [0.2, 0.25) is 0 Å². The summed E-state index contributed by atoms with van der Waals surface area (Å²) in [4.78, 5) is 15.0. The molecule has 1 saturated carbocycles. The van der Waals surface area contributed by atoms with Crippen LogP contribution < -0.4 is 5.32 Å². The molecule has 1 amide bonds. The number of carbonyl (C=O) groups is 1. The second-order valence-electron chi connectivity index (χ2n) is 6.82. The van der Waals surface area contributed by atoms with Crippen molar-refractivity contribution in [2.24, 2.45) is 5.92 Å². The average molecular weight is 408 g/mol. The Balaban J connectivity index is 0.00000225. The zero-order valence-electron chi connectivity index (χ0n) is 14.6. The number of sulfonamides is 1. The van der Waals surface area contributed by atoms with Crippen molar-refractivity contribution in [3.8, 4) is 0 Å². The number of carbonyl (C=O) groups excluding carboxylic acids is 1. The Morgan fingerprint density at radius 3 is 2.48 bits per heavy atom. The molecule has 0 atom stereocenters. The summed E-state index contributed by atoms with van der Waals surface area (Å²) in [6.07, 6.45) is 4.54. The maximum Gasteiger partial charge on any atom is 0.265 e. The molecule has 0 radical (unpaired) electrons. The van der Waals surface area contributed by atoms with Crippen molar-refractivity contribution in [3.05, 3.63) is 16.3 Å². The summed E-state index contributed by atoms with van der Waals surface area (Å²) >= 11 is 1.21. The standard InChI is InChI=1S/C16H25N3O3S2.ClH/c1-18(2)24(21,22)14-7-10-23-15(14)16(20)19-8-5-13(6-9-19)17-11-12-3-4-12;/h7,10,12-13,17H,3-6,8-9,11H2,1-2H3;1H. The third-order valence-corrected chi connectivity index (χ3v) is 7.65. The first kappa shape index (κ1) is 20.6. The molecule has 1 saturated heterocycles. The van der Waals surface area contributed by atoms with Crippen LogP contribution >= 0.6 is 23.7 Å². The number of nitrogens with one attached hydrogen (secondary N) is 1. The maximum absolute atomic E-state index is 12.8. The molecule has 6 nitrogen and oxygen atoms in total. The first-order valence-electron chi connectivity index (χ1n) is 8.42. The normalized spacial score (nSPS) is 19.1. The molecule has 0 bridgehead atoms. The number of amides is 1. The van der Waals surface area contributed by atoms with Gasteiger partial charge in [-0.1, -0.05) is 0 Å². The maximum atomic E-state index is 12.8. The van der Waals surface area contributed by atoms with Gasteiger partial charge in [-0.15, -0.1) is 23.7 Å². The molecule has 25 heavy (non-hydrogen) atoms. The molecule has 3 rings (SSSR count). The molecule has 1 aliphatic carbocycles. The first-order valence-corrected chi connectivity index (χ1v) is 10.7. The van der Waals surface area contributed by atoms with Gasteiger partial charge in [0.2, 0.25) is 10.0 Å². The number of rotatable bonds is 6. The predicted molar refractivity (Wildman–Crippen MR) is 102 cm³/mol. The summed E-state index contributed by atoms with van der Waals surface area (Å²) < 4.78 is 25.9. The van der Waals surface area contributed by atoms with Crippen molar-refractivity contribution in [2.45, 2.75) is 36.6 Å². The summed E-state index contributed by atoms with van der Waals surface area (Å²) in [5.41, 5.74) is 0. The van der Waals surface area contributed by atoms with Crippen molar-refractivity contribution in [3.63, 3.8) is 0 Å². The minimum atomic E-state index is -3.59. The van der Waals surface area contributed by atoms with Crippen LogP contribution in [0.3, 0.4) is 0 Å². The molecule has 0 unspecified atom stereocenters. The van der Waals surface area contributed by atoms with E-state index in [1.165, 1.54) is 44.3 Å². The molecule has 1 aromatic rings. The number of halogens is 1. The van der Waals surface area contributed by atoms with Crippen LogP contribution in [0, 0.1) is 5.92 Å². The minimum absolute atomic E-state index is 0. The van der Waals surface area contributed by atoms with E-state index in [0.717, 1.165) is 29.6 Å². The number of nitrogens with zero attached hydrogens (tertiary/aromatic N) is 2. The van der Waals surface area contributed by atoms with Crippen LogP contribution in [0.15, 0.2) is 16.3 Å². The smallest absolute Gasteiger partial charge is 0.265 e. The van der Waals surface area contributed by atoms with Crippen LogP contribution in [0.5, 0.6) is 0 Å². The summed E-state index contributed by atoms with van der Waals surface area (Å²) in [5.74, 6) is 0.695. The highest BCUT2D eigenvalue weighted by Crippen LogP contribution is 2.29. The topological polar surface area (TPSA) is 69.7 Å². The molecular formula is C16H26ClN3O3S2. The molecule has 0 aromatic carbocycles. The van der Waals surface area contributed by atoms with E-state index in [4.69, 9.17) is 0 Å². The van der Waals surface area contributed by atoms with Gasteiger partial charge in [-0.05, 0) is 49.6 Å². The lowest BCUT2D eigenvalue weighted by Crippen LogP contribution is -2.45. The molecule has 2 aliphatic rings. The minimum Gasteiger partial charge on any atom is -0.338 e. The summed E-state index contributed by atoms with van der Waals surface area (Å²) in [6, 6.07) is 2.00. The van der Waals surface area contributed by atoms with E-state index in [1.54, 1.807) is 10.3 Å². The third kappa shape index (κ3) is 4.74. The Morgan fingerprint density at radius 1 is 1.28 bits per heavy atom. The second kappa shape index (κ2) is 8.35. The van der Waals surface area contributed by atoms with Gasteiger partial charge in [0.25, 0.3) is 5.91 Å². The number of thiophene rings is 1. The lowest BCUT2D eigenvalue weighted by atomic mass is 10.0. The van der Waals surface area contributed by atoms with E-state index in [-0.39, 0.29) is 23.2 Å². The highest BCUT2D eigenvalue weighted by atomic mass is 35.5. The Kier molecular flexibility index (Phi) is 6.89. The van der Waals surface area contributed by atoms with Crippen LogP contribution in [-0.2, 0) is 10.0 Å². The Morgan fingerprint density at radius 2 is 1.92 bits per heavy atom. The zero-order chi connectivity index (χ0) is 17.3. The molecule has 0 spiro atoms. The fourth-order valence-electron chi connectivity index (χ4n) is 2.94. The highest BCUT2D eigenvalue weighted by molar-refractivity contribution is 7.89. The summed E-state index contributed by atoms with van der Waals surface area (Å²) in [7, 11) is -0.617. The predicted octanol–water partition coefficient (Wildman–Crippen LogP) is 2.02. The molecule has 1 N–H and O–H groups in total. The fourth-order valence-corrected chi connectivity index (χ4v) is 5.19. The van der Waals surface area contributed by atoms with Crippen molar-refractivity contribution >= 4 is 39.7 Å². The van der Waals surface area contributed by atoms with Crippen LogP contribution in [0.1, 0.15) is 35.4 Å². The zero-order valence-corrected chi connectivity index (χ0v) is 17.1. The molecule has 142 valence electrons. The average Bonchev–Trinajstić information content (AvgIpc) is 3.26. The van der Waals surface area contributed by atoms with E-state index >= 15 is 0 Å². The molecular weight excluding hydrogens is 382 g/mol. The molecule has 1 aliphatic heterocycles. The first-order chi connectivity index (χ1) is 11.4. The molecule has 9 heteroatoms. The molecule has 2 fully saturated rings. The van der Waals surface area contributed by atoms with Gasteiger partial charge in [0, 0.05) is 33.2 Å². The number of hydrogen-bond donors (Lipinski definition) is 1. The lowest BCUT2D eigenvalue weighted by molar-refractivity contribution is 0.0706. The van der Waals surface area contributed by atoms with Gasteiger partial charge in [-0.3, -0.25) is 4.79 Å². The van der Waals surface area contributed by atoms with Crippen LogP contribution in [0.25, 0.3) is 0 Å². The SMILES string of the molecule is CN(C)S(=O)(=O)c1ccsc1C(=O)N1CCC(NCC2CC2)CC1.Cl. The van der Waals surface area contributed by atoms with E-state index in [9.17, 15) is 13.2 Å². The summed E-state index contributed by atoms with van der Waals surface area (Å²) in [6.45, 7) is 2.45. The van der Waals surface area contributed by atoms with Crippen molar-refractivity contribution in [1.82, 2.24) is 14.5 Å². The van der Waals surface area contributed by atoms with E-state index in [0.29, 0.717) is 24.0 Å². The van der Waals surface area contributed by atoms with Crippen LogP contribution in [-0.4, -0.2) is 63.3 Å². The quantitative estimate of drug-likeness (QED) is 0.783. The van der Waals surface area contributed by atoms with Gasteiger partial charge < -0.3 is 10.2 Å². The van der Waals surface area contributed by atoms with Gasteiger partial charge in [0.1, 0.15) is 9.77 Å². The van der Waals surface area contributed by atoms with Gasteiger partial charge in [0.05, 0.1) is 0 Å². The highest BCUT2D eigenvalue weighted by Gasteiger charge is 2.31. The largest absolute Gasteiger partial charge is 0.338 e. The molecule has 1 aromatic heterocycles. The monoisotopic (exact) mass is 407 g/mol. The number of piperidine rings is 1. The van der Waals surface area contributed by atoms with Crippen LogP contribution in [0.4, 0.5) is 0 Å². The molecule has 2 heterocycles. The van der Waals surface area contributed by atoms with E-state index < -0.39 is 10.0 Å². The van der Waals surface area contributed by atoms with Crippen molar-refractivity contribution < 1.29 is 13.2 Å². The number of hydrogen-bond acceptors (Lipinski definition) is 5. The number of likely N-dealkylation sites (tertiary alicyclic amines) is 1. The van der Waals surface area contributed by atoms with Crippen molar-refractivity contribution in [2.75, 3.05) is 33.7 Å². The fraction of sp³-hybridized carbons (Fsp3) is 0.688. The van der Waals surface area contributed by atoms with Gasteiger partial charge in [0.15, 0.2) is 0 Å². The lowest BCUT2D eigenvalue weighted by Gasteiger charge is -2.32.